The molecule has 0 saturated carbocycles. The average Bonchev–Trinajstić information content (AvgIpc) is 2.98. The highest BCUT2D eigenvalue weighted by Gasteiger charge is 2.13. The lowest BCUT2D eigenvalue weighted by atomic mass is 10.2. The summed E-state index contributed by atoms with van der Waals surface area (Å²) in [5.41, 5.74) is 1.47. The Kier molecular flexibility index (Phi) is 5.48. The van der Waals surface area contributed by atoms with Gasteiger partial charge in [0.1, 0.15) is 0 Å². The average molecular weight is 368 g/mol. The molecule has 2 amide bonds. The molecule has 0 aliphatic heterocycles. The molecule has 0 atom stereocenters. The molecule has 134 valence electrons. The third kappa shape index (κ3) is 4.00. The van der Waals surface area contributed by atoms with Crippen molar-refractivity contribution in [2.45, 2.75) is 26.4 Å². The summed E-state index contributed by atoms with van der Waals surface area (Å²) >= 11 is 1.18. The SMILES string of the molecule is CC(C)n1s/c(=N\C(=O)NCc2ccccc2)n(-c2ccccc2)c1=O. The van der Waals surface area contributed by atoms with Gasteiger partial charge in [0, 0.05) is 12.6 Å². The Morgan fingerprint density at radius 2 is 1.69 bits per heavy atom. The van der Waals surface area contributed by atoms with Gasteiger partial charge in [-0.2, -0.15) is 4.99 Å². The van der Waals surface area contributed by atoms with E-state index in [9.17, 15) is 9.59 Å². The monoisotopic (exact) mass is 368 g/mol. The molecule has 0 aliphatic rings. The number of benzene rings is 2. The summed E-state index contributed by atoms with van der Waals surface area (Å²) in [5, 5.41) is 2.76. The second-order valence-corrected chi connectivity index (χ2v) is 6.94. The Labute approximate surface area is 155 Å². The molecule has 6 nitrogen and oxygen atoms in total. The van der Waals surface area contributed by atoms with Crippen LogP contribution in [0, 0.1) is 0 Å². The molecular formula is C19H20N4O2S. The molecule has 1 aromatic heterocycles. The number of hydrogen-bond acceptors (Lipinski definition) is 3. The third-order valence-electron chi connectivity index (χ3n) is 3.72. The lowest BCUT2D eigenvalue weighted by Gasteiger charge is -2.03. The van der Waals surface area contributed by atoms with Crippen LogP contribution in [0.3, 0.4) is 0 Å². The van der Waals surface area contributed by atoms with E-state index in [2.05, 4.69) is 10.3 Å². The number of amides is 2. The minimum absolute atomic E-state index is 0.0150. The van der Waals surface area contributed by atoms with Crippen molar-refractivity contribution in [1.82, 2.24) is 13.8 Å². The summed E-state index contributed by atoms with van der Waals surface area (Å²) in [6.07, 6.45) is 0. The van der Waals surface area contributed by atoms with E-state index in [0.29, 0.717) is 17.0 Å². The number of urea groups is 1. The van der Waals surface area contributed by atoms with Gasteiger partial charge in [-0.05, 0) is 43.1 Å². The molecular weight excluding hydrogens is 348 g/mol. The first kappa shape index (κ1) is 17.9. The summed E-state index contributed by atoms with van der Waals surface area (Å²) in [6, 6.07) is 18.3. The van der Waals surface area contributed by atoms with Crippen molar-refractivity contribution < 1.29 is 4.79 Å². The van der Waals surface area contributed by atoms with Gasteiger partial charge in [0.05, 0.1) is 5.69 Å². The minimum atomic E-state index is -0.476. The van der Waals surface area contributed by atoms with Crippen LogP contribution in [0.25, 0.3) is 5.69 Å². The molecule has 26 heavy (non-hydrogen) atoms. The molecule has 2 aromatic carbocycles. The highest BCUT2D eigenvalue weighted by Crippen LogP contribution is 2.07. The maximum absolute atomic E-state index is 12.7. The van der Waals surface area contributed by atoms with Gasteiger partial charge >= 0.3 is 11.7 Å². The molecule has 0 fully saturated rings. The van der Waals surface area contributed by atoms with Crippen LogP contribution < -0.4 is 15.8 Å². The van der Waals surface area contributed by atoms with Gasteiger partial charge in [0.25, 0.3) is 0 Å². The van der Waals surface area contributed by atoms with Crippen molar-refractivity contribution in [1.29, 1.82) is 0 Å². The maximum Gasteiger partial charge on any atom is 0.344 e. The van der Waals surface area contributed by atoms with Crippen molar-refractivity contribution in [3.8, 4) is 5.69 Å². The van der Waals surface area contributed by atoms with E-state index >= 15 is 0 Å². The normalized spacial score (nSPS) is 11.7. The Morgan fingerprint density at radius 3 is 2.31 bits per heavy atom. The highest BCUT2D eigenvalue weighted by molar-refractivity contribution is 7.03. The molecule has 7 heteroatoms. The summed E-state index contributed by atoms with van der Waals surface area (Å²) in [7, 11) is 0. The molecule has 3 rings (SSSR count). The van der Waals surface area contributed by atoms with Crippen molar-refractivity contribution in [3.05, 3.63) is 81.5 Å². The van der Waals surface area contributed by atoms with E-state index in [1.165, 1.54) is 16.1 Å². The quantitative estimate of drug-likeness (QED) is 0.769. The second kappa shape index (κ2) is 7.97. The fourth-order valence-corrected chi connectivity index (χ4v) is 3.38. The van der Waals surface area contributed by atoms with Crippen LogP contribution in [0.5, 0.6) is 0 Å². The van der Waals surface area contributed by atoms with Gasteiger partial charge in [-0.3, -0.25) is 0 Å². The smallest absolute Gasteiger partial charge is 0.332 e. The zero-order valence-corrected chi connectivity index (χ0v) is 15.4. The number of carbonyl (C=O) groups excluding carboxylic acids is 1. The van der Waals surface area contributed by atoms with E-state index in [0.717, 1.165) is 5.56 Å². The van der Waals surface area contributed by atoms with E-state index < -0.39 is 6.03 Å². The molecule has 3 aromatic rings. The van der Waals surface area contributed by atoms with Crippen LogP contribution in [0.4, 0.5) is 4.79 Å². The summed E-state index contributed by atoms with van der Waals surface area (Å²) < 4.78 is 3.07. The topological polar surface area (TPSA) is 68.4 Å². The van der Waals surface area contributed by atoms with Crippen molar-refractivity contribution in [2.24, 2.45) is 4.99 Å². The largest absolute Gasteiger partial charge is 0.344 e. The molecule has 0 bridgehead atoms. The van der Waals surface area contributed by atoms with E-state index in [4.69, 9.17) is 0 Å². The molecule has 0 radical (unpaired) electrons. The van der Waals surface area contributed by atoms with E-state index in [1.807, 2.05) is 74.5 Å². The van der Waals surface area contributed by atoms with Crippen LogP contribution >= 0.6 is 11.5 Å². The number of nitrogens with one attached hydrogen (secondary N) is 1. The van der Waals surface area contributed by atoms with Gasteiger partial charge in [-0.1, -0.05) is 48.5 Å². The maximum atomic E-state index is 12.7. The molecule has 0 aliphatic carbocycles. The minimum Gasteiger partial charge on any atom is -0.332 e. The van der Waals surface area contributed by atoms with Crippen LogP contribution in [0.2, 0.25) is 0 Å². The number of nitrogens with zero attached hydrogens (tertiary/aromatic N) is 3. The zero-order valence-electron chi connectivity index (χ0n) is 14.6. The van der Waals surface area contributed by atoms with Crippen LogP contribution in [0.1, 0.15) is 25.5 Å². The Morgan fingerprint density at radius 1 is 1.08 bits per heavy atom. The van der Waals surface area contributed by atoms with Crippen LogP contribution in [0.15, 0.2) is 70.5 Å². The third-order valence-corrected chi connectivity index (χ3v) is 4.93. The first-order chi connectivity index (χ1) is 12.6. The van der Waals surface area contributed by atoms with E-state index in [1.54, 1.807) is 3.96 Å². The molecule has 0 unspecified atom stereocenters. The first-order valence-corrected chi connectivity index (χ1v) is 9.10. The van der Waals surface area contributed by atoms with Crippen molar-refractivity contribution in [3.63, 3.8) is 0 Å². The summed E-state index contributed by atoms with van der Waals surface area (Å²) in [5.74, 6) is 0. The Balaban J connectivity index is 1.95. The molecule has 1 heterocycles. The van der Waals surface area contributed by atoms with Crippen molar-refractivity contribution in [2.75, 3.05) is 0 Å². The van der Waals surface area contributed by atoms with Gasteiger partial charge < -0.3 is 5.32 Å². The molecule has 0 saturated heterocycles. The predicted molar refractivity (Wildman–Crippen MR) is 103 cm³/mol. The van der Waals surface area contributed by atoms with Gasteiger partial charge in [0.15, 0.2) is 0 Å². The summed E-state index contributed by atoms with van der Waals surface area (Å²) in [4.78, 5) is 29.5. The van der Waals surface area contributed by atoms with Crippen LogP contribution in [-0.4, -0.2) is 14.6 Å². The second-order valence-electron chi connectivity index (χ2n) is 6.00. The lowest BCUT2D eigenvalue weighted by molar-refractivity contribution is 0.248. The Bertz CT molecular complexity index is 1000. The first-order valence-electron chi connectivity index (χ1n) is 8.33. The van der Waals surface area contributed by atoms with Crippen LogP contribution in [-0.2, 0) is 6.54 Å². The highest BCUT2D eigenvalue weighted by atomic mass is 32.1. The fraction of sp³-hybridized carbons (Fsp3) is 0.211. The number of rotatable bonds is 4. The fourth-order valence-electron chi connectivity index (χ4n) is 2.44. The zero-order chi connectivity index (χ0) is 18.5. The predicted octanol–water partition coefficient (Wildman–Crippen LogP) is 3.09. The standard InChI is InChI=1S/C19H20N4O2S/c1-14(2)23-19(25)22(16-11-7-4-8-12-16)18(26-23)21-17(24)20-13-15-9-5-3-6-10-15/h3-12,14H,13H2,1-2H3,(H,20,24)/b21-18-. The Hall–Kier alpha value is -2.93. The number of hydrogen-bond donors (Lipinski definition) is 1. The number of para-hydroxylation sites is 1. The molecule has 0 spiro atoms. The summed E-state index contributed by atoms with van der Waals surface area (Å²) in [6.45, 7) is 4.23. The molecule has 1 N–H and O–H groups in total. The van der Waals surface area contributed by atoms with Gasteiger partial charge in [-0.15, -0.1) is 0 Å². The number of aromatic nitrogens is 2. The lowest BCUT2D eigenvalue weighted by Crippen LogP contribution is -2.30. The van der Waals surface area contributed by atoms with Crippen molar-refractivity contribution >= 4 is 17.6 Å². The number of carbonyl (C=O) groups is 1. The van der Waals surface area contributed by atoms with Gasteiger partial charge in [0.2, 0.25) is 4.80 Å². The van der Waals surface area contributed by atoms with E-state index in [-0.39, 0.29) is 11.7 Å². The van der Waals surface area contributed by atoms with Gasteiger partial charge in [-0.25, -0.2) is 18.1 Å².